The fourth-order valence-electron chi connectivity index (χ4n) is 1.63. The van der Waals surface area contributed by atoms with Gasteiger partial charge in [-0.3, -0.25) is 0 Å². The molecule has 2 N–H and O–H groups in total. The molecule has 1 fully saturated rings. The van der Waals surface area contributed by atoms with Crippen LogP contribution in [-0.4, -0.2) is 28.3 Å². The minimum absolute atomic E-state index is 0.297. The minimum Gasteiger partial charge on any atom is -0.450 e. The normalized spacial score (nSPS) is 19.7. The third-order valence-corrected chi connectivity index (χ3v) is 2.16. The summed E-state index contributed by atoms with van der Waals surface area (Å²) in [6, 6.07) is 0. The smallest absolute Gasteiger partial charge is 0.450 e. The van der Waals surface area contributed by atoms with Gasteiger partial charge in [-0.25, -0.2) is 9.59 Å². The summed E-state index contributed by atoms with van der Waals surface area (Å²) < 4.78 is 9.01. The number of hydrogen-bond acceptors (Lipinski definition) is 4. The zero-order valence-corrected chi connectivity index (χ0v) is 7.56. The van der Waals surface area contributed by atoms with Gasteiger partial charge in [0.05, 0.1) is 0 Å². The minimum atomic E-state index is -1.51. The fourth-order valence-corrected chi connectivity index (χ4v) is 1.63. The van der Waals surface area contributed by atoms with Crippen LogP contribution in [0.25, 0.3) is 0 Å². The largest absolute Gasteiger partial charge is 0.509 e. The summed E-state index contributed by atoms with van der Waals surface area (Å²) in [5.41, 5.74) is 0. The van der Waals surface area contributed by atoms with Crippen molar-refractivity contribution < 1.29 is 29.3 Å². The Balaban J connectivity index is 2.66. The summed E-state index contributed by atoms with van der Waals surface area (Å²) in [6.45, 7) is 0. The Labute approximate surface area is 80.4 Å². The number of carbonyl (C=O) groups is 2. The summed E-state index contributed by atoms with van der Waals surface area (Å²) in [6.07, 6.45) is -0.0623. The van der Waals surface area contributed by atoms with E-state index < -0.39 is 18.1 Å². The highest BCUT2D eigenvalue weighted by Gasteiger charge is 2.40. The van der Waals surface area contributed by atoms with E-state index in [0.29, 0.717) is 25.7 Å². The molecule has 0 saturated heterocycles. The average molecular weight is 204 g/mol. The molecular formula is C8H12O6. The van der Waals surface area contributed by atoms with Crippen molar-refractivity contribution in [2.24, 2.45) is 0 Å². The predicted octanol–water partition coefficient (Wildman–Crippen LogP) is 2.04. The Morgan fingerprint density at radius 1 is 0.929 bits per heavy atom. The van der Waals surface area contributed by atoms with Crippen LogP contribution in [0.1, 0.15) is 32.1 Å². The van der Waals surface area contributed by atoms with Crippen molar-refractivity contribution in [1.82, 2.24) is 0 Å². The molecule has 6 nitrogen and oxygen atoms in total. The van der Waals surface area contributed by atoms with E-state index in [-0.39, 0.29) is 0 Å². The highest BCUT2D eigenvalue weighted by atomic mass is 16.8. The SMILES string of the molecule is O=C(O)OC1(OC(=O)O)CCCCC1. The second kappa shape index (κ2) is 4.17. The molecular weight excluding hydrogens is 192 g/mol. The zero-order chi connectivity index (χ0) is 10.6. The average Bonchev–Trinajstić information content (AvgIpc) is 2.01. The molecule has 0 amide bonds. The molecule has 6 heteroatoms. The highest BCUT2D eigenvalue weighted by Crippen LogP contribution is 2.32. The molecule has 0 aromatic rings. The van der Waals surface area contributed by atoms with E-state index in [1.807, 2.05) is 0 Å². The van der Waals surface area contributed by atoms with Crippen LogP contribution < -0.4 is 0 Å². The molecule has 0 aromatic carbocycles. The molecule has 1 aliphatic carbocycles. The molecule has 0 heterocycles. The fraction of sp³-hybridized carbons (Fsp3) is 0.750. The van der Waals surface area contributed by atoms with E-state index in [4.69, 9.17) is 10.2 Å². The third kappa shape index (κ3) is 2.79. The molecule has 0 bridgehead atoms. The van der Waals surface area contributed by atoms with Crippen molar-refractivity contribution in [3.63, 3.8) is 0 Å². The van der Waals surface area contributed by atoms with Crippen LogP contribution in [0.3, 0.4) is 0 Å². The maximum Gasteiger partial charge on any atom is 0.509 e. The lowest BCUT2D eigenvalue weighted by molar-refractivity contribution is -0.198. The van der Waals surface area contributed by atoms with Crippen LogP contribution in [0.4, 0.5) is 9.59 Å². The Kier molecular flexibility index (Phi) is 3.16. The van der Waals surface area contributed by atoms with Gasteiger partial charge in [0, 0.05) is 12.8 Å². The van der Waals surface area contributed by atoms with Crippen molar-refractivity contribution in [3.8, 4) is 0 Å². The van der Waals surface area contributed by atoms with Crippen LogP contribution in [0, 0.1) is 0 Å². The second-order valence-corrected chi connectivity index (χ2v) is 3.21. The van der Waals surface area contributed by atoms with Gasteiger partial charge in [0.1, 0.15) is 0 Å². The molecule has 80 valence electrons. The number of carboxylic acid groups (broad SMARTS) is 2. The second-order valence-electron chi connectivity index (χ2n) is 3.21. The third-order valence-electron chi connectivity index (χ3n) is 2.16. The van der Waals surface area contributed by atoms with E-state index in [1.165, 1.54) is 0 Å². The summed E-state index contributed by atoms with van der Waals surface area (Å²) in [4.78, 5) is 20.7. The van der Waals surface area contributed by atoms with Crippen LogP contribution >= 0.6 is 0 Å². The standard InChI is InChI=1S/C8H12O6/c9-6(10)13-8(14-7(11)12)4-2-1-3-5-8/h1-5H2,(H,9,10)(H,11,12). The number of rotatable bonds is 2. The van der Waals surface area contributed by atoms with Gasteiger partial charge in [-0.2, -0.15) is 0 Å². The molecule has 0 aliphatic heterocycles. The van der Waals surface area contributed by atoms with Gasteiger partial charge < -0.3 is 19.7 Å². The number of hydrogen-bond donors (Lipinski definition) is 2. The Bertz CT molecular complexity index is 212. The van der Waals surface area contributed by atoms with Gasteiger partial charge >= 0.3 is 12.3 Å². The Morgan fingerprint density at radius 3 is 1.71 bits per heavy atom. The lowest BCUT2D eigenvalue weighted by Gasteiger charge is -2.33. The van der Waals surface area contributed by atoms with Crippen molar-refractivity contribution in [1.29, 1.82) is 0 Å². The first-order valence-electron chi connectivity index (χ1n) is 4.38. The molecule has 1 rings (SSSR count). The van der Waals surface area contributed by atoms with Crippen LogP contribution in [0.15, 0.2) is 0 Å². The summed E-state index contributed by atoms with van der Waals surface area (Å²) in [5.74, 6) is -1.48. The van der Waals surface area contributed by atoms with Crippen LogP contribution in [-0.2, 0) is 9.47 Å². The van der Waals surface area contributed by atoms with Crippen LogP contribution in [0.5, 0.6) is 0 Å². The van der Waals surface area contributed by atoms with Crippen molar-refractivity contribution in [2.45, 2.75) is 37.9 Å². The molecule has 1 aliphatic rings. The molecule has 1 saturated carbocycles. The summed E-state index contributed by atoms with van der Waals surface area (Å²) >= 11 is 0. The molecule has 0 radical (unpaired) electrons. The Morgan fingerprint density at radius 2 is 1.36 bits per heavy atom. The van der Waals surface area contributed by atoms with Gasteiger partial charge in [-0.1, -0.05) is 6.42 Å². The van der Waals surface area contributed by atoms with E-state index in [9.17, 15) is 9.59 Å². The zero-order valence-electron chi connectivity index (χ0n) is 7.56. The van der Waals surface area contributed by atoms with Crippen molar-refractivity contribution in [3.05, 3.63) is 0 Å². The van der Waals surface area contributed by atoms with Crippen molar-refractivity contribution in [2.75, 3.05) is 0 Å². The van der Waals surface area contributed by atoms with Gasteiger partial charge in [0.25, 0.3) is 5.79 Å². The topological polar surface area (TPSA) is 93.1 Å². The summed E-state index contributed by atoms with van der Waals surface area (Å²) in [5, 5.41) is 16.9. The van der Waals surface area contributed by atoms with Gasteiger partial charge in [-0.05, 0) is 12.8 Å². The molecule has 0 aromatic heterocycles. The Hall–Kier alpha value is -1.46. The predicted molar refractivity (Wildman–Crippen MR) is 44.0 cm³/mol. The highest BCUT2D eigenvalue weighted by molar-refractivity contribution is 5.60. The van der Waals surface area contributed by atoms with Gasteiger partial charge in [0.2, 0.25) is 0 Å². The van der Waals surface area contributed by atoms with Crippen LogP contribution in [0.2, 0.25) is 0 Å². The van der Waals surface area contributed by atoms with E-state index in [0.717, 1.165) is 6.42 Å². The quantitative estimate of drug-likeness (QED) is 0.528. The van der Waals surface area contributed by atoms with E-state index in [1.54, 1.807) is 0 Å². The van der Waals surface area contributed by atoms with Crippen molar-refractivity contribution >= 4 is 12.3 Å². The maximum absolute atomic E-state index is 10.4. The first-order chi connectivity index (χ1) is 6.54. The number of ether oxygens (including phenoxy) is 2. The lowest BCUT2D eigenvalue weighted by Crippen LogP contribution is -2.41. The molecule has 0 atom stereocenters. The monoisotopic (exact) mass is 204 g/mol. The lowest BCUT2D eigenvalue weighted by atomic mass is 9.94. The summed E-state index contributed by atoms with van der Waals surface area (Å²) in [7, 11) is 0. The van der Waals surface area contributed by atoms with Gasteiger partial charge in [0.15, 0.2) is 0 Å². The van der Waals surface area contributed by atoms with E-state index >= 15 is 0 Å². The first kappa shape index (κ1) is 10.6. The first-order valence-corrected chi connectivity index (χ1v) is 4.38. The van der Waals surface area contributed by atoms with E-state index in [2.05, 4.69) is 9.47 Å². The molecule has 0 unspecified atom stereocenters. The molecule has 14 heavy (non-hydrogen) atoms. The maximum atomic E-state index is 10.4. The van der Waals surface area contributed by atoms with Gasteiger partial charge in [-0.15, -0.1) is 0 Å². The molecule has 0 spiro atoms.